The van der Waals surface area contributed by atoms with E-state index in [1.54, 1.807) is 31.3 Å². The number of thioether (sulfide) groups is 1. The Morgan fingerprint density at radius 1 is 1.35 bits per heavy atom. The van der Waals surface area contributed by atoms with E-state index in [4.69, 9.17) is 4.74 Å². The highest BCUT2D eigenvalue weighted by atomic mass is 32.2. The third kappa shape index (κ3) is 2.02. The molecular weight excluding hydrogens is 236 g/mol. The highest BCUT2D eigenvalue weighted by Crippen LogP contribution is 2.49. The summed E-state index contributed by atoms with van der Waals surface area (Å²) in [5.74, 6) is 2.12. The fourth-order valence-corrected chi connectivity index (χ4v) is 3.72. The lowest BCUT2D eigenvalue weighted by atomic mass is 9.71. The highest BCUT2D eigenvalue weighted by Gasteiger charge is 2.49. The zero-order valence-electron chi connectivity index (χ0n) is 10.4. The van der Waals surface area contributed by atoms with Crippen LogP contribution in [0.1, 0.15) is 26.0 Å². The molecule has 4 nitrogen and oxygen atoms in total. The molecule has 0 bridgehead atoms. The van der Waals surface area contributed by atoms with Crippen molar-refractivity contribution in [1.29, 1.82) is 0 Å². The van der Waals surface area contributed by atoms with Crippen LogP contribution in [-0.2, 0) is 5.60 Å². The lowest BCUT2D eigenvalue weighted by molar-refractivity contribution is -0.0632. The summed E-state index contributed by atoms with van der Waals surface area (Å²) in [4.78, 5) is 8.42. The predicted octanol–water partition coefficient (Wildman–Crippen LogP) is 1.84. The minimum absolute atomic E-state index is 0.221. The summed E-state index contributed by atoms with van der Waals surface area (Å²) >= 11 is 1.74. The molecule has 1 unspecified atom stereocenters. The Bertz CT molecular complexity index is 411. The summed E-state index contributed by atoms with van der Waals surface area (Å²) < 4.78 is 5.21. The first-order valence-corrected chi connectivity index (χ1v) is 6.82. The van der Waals surface area contributed by atoms with Crippen LogP contribution in [0.25, 0.3) is 0 Å². The molecular formula is C12H18N2O2S. The van der Waals surface area contributed by atoms with Gasteiger partial charge in [0.1, 0.15) is 11.3 Å². The van der Waals surface area contributed by atoms with Crippen molar-refractivity contribution in [3.05, 3.63) is 18.1 Å². The molecule has 1 saturated heterocycles. The van der Waals surface area contributed by atoms with Gasteiger partial charge in [0.2, 0.25) is 5.88 Å². The summed E-state index contributed by atoms with van der Waals surface area (Å²) in [6.07, 6.45) is 4.13. The molecule has 1 atom stereocenters. The third-order valence-electron chi connectivity index (χ3n) is 3.55. The Kier molecular flexibility index (Phi) is 3.32. The standard InChI is InChI=1S/C12H18N2O2S/c1-11(2)4-7-17-8-12(11,15)9-10(16-3)14-6-5-13-9/h5-6,15H,4,7-8H2,1-3H3. The molecule has 0 saturated carbocycles. The van der Waals surface area contributed by atoms with Gasteiger partial charge in [-0.25, -0.2) is 4.98 Å². The first-order valence-electron chi connectivity index (χ1n) is 5.67. The SMILES string of the molecule is COc1nccnc1C1(O)CSCCC1(C)C. The zero-order valence-corrected chi connectivity index (χ0v) is 11.3. The average Bonchev–Trinajstić information content (AvgIpc) is 2.33. The van der Waals surface area contributed by atoms with E-state index in [0.717, 1.165) is 12.2 Å². The molecule has 1 aliphatic rings. The fourth-order valence-electron chi connectivity index (χ4n) is 2.10. The molecule has 0 aromatic carbocycles. The molecule has 1 N–H and O–H groups in total. The second-order valence-electron chi connectivity index (χ2n) is 4.96. The minimum Gasteiger partial charge on any atom is -0.480 e. The Labute approximate surface area is 106 Å². The monoisotopic (exact) mass is 254 g/mol. The first-order chi connectivity index (χ1) is 8.01. The van der Waals surface area contributed by atoms with E-state index in [1.165, 1.54) is 0 Å². The van der Waals surface area contributed by atoms with Gasteiger partial charge in [-0.1, -0.05) is 13.8 Å². The molecule has 0 spiro atoms. The normalized spacial score (nSPS) is 27.8. The average molecular weight is 254 g/mol. The van der Waals surface area contributed by atoms with Crippen LogP contribution in [0.4, 0.5) is 0 Å². The Balaban J connectivity index is 2.49. The zero-order chi connectivity index (χ0) is 12.5. The predicted molar refractivity (Wildman–Crippen MR) is 68.2 cm³/mol. The smallest absolute Gasteiger partial charge is 0.238 e. The number of rotatable bonds is 2. The molecule has 17 heavy (non-hydrogen) atoms. The van der Waals surface area contributed by atoms with Crippen molar-refractivity contribution >= 4 is 11.8 Å². The number of aliphatic hydroxyl groups is 1. The van der Waals surface area contributed by atoms with E-state index in [9.17, 15) is 5.11 Å². The summed E-state index contributed by atoms with van der Waals surface area (Å²) in [7, 11) is 1.56. The van der Waals surface area contributed by atoms with Gasteiger partial charge >= 0.3 is 0 Å². The van der Waals surface area contributed by atoms with Crippen LogP contribution in [0.5, 0.6) is 5.88 Å². The van der Waals surface area contributed by atoms with Crippen molar-refractivity contribution in [2.45, 2.75) is 25.9 Å². The number of nitrogens with zero attached hydrogens (tertiary/aromatic N) is 2. The van der Waals surface area contributed by atoms with Crippen molar-refractivity contribution in [3.8, 4) is 5.88 Å². The van der Waals surface area contributed by atoms with E-state index in [1.807, 2.05) is 0 Å². The van der Waals surface area contributed by atoms with Crippen LogP contribution in [0.15, 0.2) is 12.4 Å². The van der Waals surface area contributed by atoms with E-state index in [0.29, 0.717) is 17.3 Å². The summed E-state index contributed by atoms with van der Waals surface area (Å²) in [5.41, 5.74) is -0.642. The summed E-state index contributed by atoms with van der Waals surface area (Å²) in [6.45, 7) is 4.14. The topological polar surface area (TPSA) is 55.2 Å². The molecule has 5 heteroatoms. The van der Waals surface area contributed by atoms with E-state index in [2.05, 4.69) is 23.8 Å². The maximum absolute atomic E-state index is 11.0. The molecule has 2 rings (SSSR count). The van der Waals surface area contributed by atoms with Gasteiger partial charge in [-0.15, -0.1) is 0 Å². The van der Waals surface area contributed by atoms with Crippen molar-refractivity contribution in [3.63, 3.8) is 0 Å². The largest absolute Gasteiger partial charge is 0.480 e. The maximum atomic E-state index is 11.0. The van der Waals surface area contributed by atoms with Crippen LogP contribution in [0.2, 0.25) is 0 Å². The lowest BCUT2D eigenvalue weighted by Gasteiger charge is -2.45. The lowest BCUT2D eigenvalue weighted by Crippen LogP contribution is -2.48. The molecule has 1 aromatic heterocycles. The van der Waals surface area contributed by atoms with Crippen molar-refractivity contribution in [2.24, 2.45) is 5.41 Å². The number of ether oxygens (including phenoxy) is 1. The van der Waals surface area contributed by atoms with Gasteiger partial charge in [-0.3, -0.25) is 4.98 Å². The quantitative estimate of drug-likeness (QED) is 0.872. The maximum Gasteiger partial charge on any atom is 0.238 e. The van der Waals surface area contributed by atoms with Gasteiger partial charge in [0.05, 0.1) is 7.11 Å². The molecule has 94 valence electrons. The van der Waals surface area contributed by atoms with Crippen LogP contribution in [0, 0.1) is 5.41 Å². The number of hydrogen-bond donors (Lipinski definition) is 1. The Morgan fingerprint density at radius 3 is 2.71 bits per heavy atom. The van der Waals surface area contributed by atoms with Gasteiger partial charge in [-0.2, -0.15) is 11.8 Å². The summed E-state index contributed by atoms with van der Waals surface area (Å²) in [6, 6.07) is 0. The van der Waals surface area contributed by atoms with Crippen molar-refractivity contribution in [1.82, 2.24) is 9.97 Å². The van der Waals surface area contributed by atoms with Crippen LogP contribution in [-0.4, -0.2) is 33.7 Å². The number of hydrogen-bond acceptors (Lipinski definition) is 5. The molecule has 2 heterocycles. The molecule has 1 fully saturated rings. The molecule has 0 radical (unpaired) electrons. The van der Waals surface area contributed by atoms with Crippen LogP contribution in [0.3, 0.4) is 0 Å². The molecule has 1 aromatic rings. The second kappa shape index (κ2) is 4.46. The van der Waals surface area contributed by atoms with Crippen molar-refractivity contribution in [2.75, 3.05) is 18.6 Å². The third-order valence-corrected chi connectivity index (χ3v) is 4.67. The van der Waals surface area contributed by atoms with Crippen molar-refractivity contribution < 1.29 is 9.84 Å². The van der Waals surface area contributed by atoms with E-state index < -0.39 is 5.60 Å². The minimum atomic E-state index is -0.977. The molecule has 0 aliphatic carbocycles. The highest BCUT2D eigenvalue weighted by molar-refractivity contribution is 7.99. The van der Waals surface area contributed by atoms with Gasteiger partial charge in [0.15, 0.2) is 0 Å². The van der Waals surface area contributed by atoms with Crippen LogP contribution < -0.4 is 4.74 Å². The second-order valence-corrected chi connectivity index (χ2v) is 6.07. The van der Waals surface area contributed by atoms with Gasteiger partial charge in [-0.05, 0) is 12.2 Å². The van der Waals surface area contributed by atoms with Gasteiger partial charge in [0, 0.05) is 23.6 Å². The van der Waals surface area contributed by atoms with Gasteiger partial charge < -0.3 is 9.84 Å². The van der Waals surface area contributed by atoms with E-state index >= 15 is 0 Å². The summed E-state index contributed by atoms with van der Waals surface area (Å²) in [5, 5.41) is 11.0. The Hall–Kier alpha value is -0.810. The number of methoxy groups -OCH3 is 1. The van der Waals surface area contributed by atoms with Crippen LogP contribution >= 0.6 is 11.8 Å². The van der Waals surface area contributed by atoms with Gasteiger partial charge in [0.25, 0.3) is 0 Å². The Morgan fingerprint density at radius 2 is 2.06 bits per heavy atom. The molecule has 0 amide bonds. The number of aromatic nitrogens is 2. The first kappa shape index (κ1) is 12.6. The molecule has 1 aliphatic heterocycles. The van der Waals surface area contributed by atoms with E-state index in [-0.39, 0.29) is 5.41 Å². The fraction of sp³-hybridized carbons (Fsp3) is 0.667.